The predicted molar refractivity (Wildman–Crippen MR) is 100 cm³/mol. The number of hydrogen-bond donors (Lipinski definition) is 0. The van der Waals surface area contributed by atoms with Crippen LogP contribution in [0.15, 0.2) is 48.2 Å². The lowest BCUT2D eigenvalue weighted by Crippen LogP contribution is -2.38. The second-order valence-electron chi connectivity index (χ2n) is 6.50. The average Bonchev–Trinajstić information content (AvgIpc) is 3.06. The van der Waals surface area contributed by atoms with Crippen LogP contribution in [0.3, 0.4) is 0 Å². The fourth-order valence-electron chi connectivity index (χ4n) is 3.64. The van der Waals surface area contributed by atoms with Gasteiger partial charge in [-0.2, -0.15) is 0 Å². The molecule has 2 aliphatic rings. The van der Waals surface area contributed by atoms with Crippen LogP contribution in [0.5, 0.6) is 0 Å². The largest absolute Gasteiger partial charge is 0.457 e. The number of allylic oxidation sites excluding steroid dienone is 1. The molecule has 1 aliphatic heterocycles. The van der Waals surface area contributed by atoms with Crippen molar-refractivity contribution in [1.82, 2.24) is 9.88 Å². The zero-order valence-corrected chi connectivity index (χ0v) is 15.3. The van der Waals surface area contributed by atoms with Gasteiger partial charge in [0.1, 0.15) is 17.0 Å². The lowest BCUT2D eigenvalue weighted by Gasteiger charge is -2.35. The molecule has 1 fully saturated rings. The number of carbonyl (C=O) groups is 1. The Labute approximate surface area is 151 Å². The van der Waals surface area contributed by atoms with E-state index in [-0.39, 0.29) is 23.9 Å². The molecule has 0 radical (unpaired) electrons. The van der Waals surface area contributed by atoms with Crippen molar-refractivity contribution in [1.29, 1.82) is 0 Å². The first-order valence-corrected chi connectivity index (χ1v) is 9.72. The number of nitrogens with zero attached hydrogens (tertiary/aromatic N) is 2. The third kappa shape index (κ3) is 2.97. The number of carbonyl (C=O) groups excluding carboxylic acids is 1. The van der Waals surface area contributed by atoms with Gasteiger partial charge in [0.2, 0.25) is 0 Å². The highest BCUT2D eigenvalue weighted by Gasteiger charge is 2.39. The summed E-state index contributed by atoms with van der Waals surface area (Å²) in [7, 11) is 0. The topological polar surface area (TPSA) is 42.4 Å². The monoisotopic (exact) mass is 354 g/mol. The molecule has 3 unspecified atom stereocenters. The Morgan fingerprint density at radius 1 is 1.28 bits per heavy atom. The van der Waals surface area contributed by atoms with Crippen LogP contribution in [-0.4, -0.2) is 35.0 Å². The molecule has 2 heterocycles. The molecule has 1 aromatic heterocycles. The molecule has 0 bridgehead atoms. The maximum absolute atomic E-state index is 12.6. The van der Waals surface area contributed by atoms with E-state index in [1.54, 1.807) is 11.3 Å². The first kappa shape index (κ1) is 16.3. The molecule has 5 heteroatoms. The smallest absolute Gasteiger partial charge is 0.316 e. The first-order valence-electron chi connectivity index (χ1n) is 8.90. The minimum Gasteiger partial charge on any atom is -0.457 e. The van der Waals surface area contributed by atoms with Crippen LogP contribution in [-0.2, 0) is 9.53 Å². The van der Waals surface area contributed by atoms with Crippen LogP contribution in [0.25, 0.3) is 10.2 Å². The maximum Gasteiger partial charge on any atom is 0.316 e. The van der Waals surface area contributed by atoms with Gasteiger partial charge in [-0.1, -0.05) is 18.2 Å². The molecule has 1 saturated heterocycles. The number of rotatable bonds is 4. The molecule has 4 nitrogen and oxygen atoms in total. The van der Waals surface area contributed by atoms with Crippen molar-refractivity contribution in [2.75, 3.05) is 13.1 Å². The molecular weight excluding hydrogens is 332 g/mol. The number of likely N-dealkylation sites (N-methyl/N-ethyl adjacent to an activating group) is 1. The van der Waals surface area contributed by atoms with Crippen LogP contribution < -0.4 is 0 Å². The van der Waals surface area contributed by atoms with Gasteiger partial charge in [-0.15, -0.1) is 11.3 Å². The average molecular weight is 354 g/mol. The van der Waals surface area contributed by atoms with Gasteiger partial charge in [0.15, 0.2) is 0 Å². The van der Waals surface area contributed by atoms with Gasteiger partial charge >= 0.3 is 5.97 Å². The minimum atomic E-state index is -0.258. The Bertz CT molecular complexity index is 817. The van der Waals surface area contributed by atoms with Crippen LogP contribution in [0.1, 0.15) is 31.2 Å². The Morgan fingerprint density at radius 3 is 2.84 bits per heavy atom. The number of fused-ring (bicyclic) bond motifs is 2. The van der Waals surface area contributed by atoms with E-state index in [4.69, 9.17) is 4.74 Å². The van der Waals surface area contributed by atoms with Gasteiger partial charge in [-0.3, -0.25) is 4.79 Å². The lowest BCUT2D eigenvalue weighted by molar-refractivity contribution is -0.156. The number of thiazole rings is 1. The molecule has 130 valence electrons. The SMILES string of the molecule is CCN(CC)C1=CC2OC(=O)C(c3nc4ccccc4s3)CC2C=C1. The summed E-state index contributed by atoms with van der Waals surface area (Å²) in [6.07, 6.45) is 7.08. The number of esters is 1. The zero-order valence-electron chi connectivity index (χ0n) is 14.5. The van der Waals surface area contributed by atoms with E-state index >= 15 is 0 Å². The highest BCUT2D eigenvalue weighted by molar-refractivity contribution is 7.18. The molecule has 1 aromatic carbocycles. The third-order valence-electron chi connectivity index (χ3n) is 5.05. The third-order valence-corrected chi connectivity index (χ3v) is 6.20. The molecule has 25 heavy (non-hydrogen) atoms. The van der Waals surface area contributed by atoms with Crippen molar-refractivity contribution in [2.24, 2.45) is 5.92 Å². The maximum atomic E-state index is 12.6. The number of para-hydroxylation sites is 1. The Hall–Kier alpha value is -2.14. The van der Waals surface area contributed by atoms with Crippen molar-refractivity contribution >= 4 is 27.5 Å². The number of benzene rings is 1. The fraction of sp³-hybridized carbons (Fsp3) is 0.400. The van der Waals surface area contributed by atoms with Gasteiger partial charge in [-0.25, -0.2) is 4.98 Å². The summed E-state index contributed by atoms with van der Waals surface area (Å²) < 4.78 is 6.92. The van der Waals surface area contributed by atoms with Crippen molar-refractivity contribution in [2.45, 2.75) is 32.3 Å². The van der Waals surface area contributed by atoms with Gasteiger partial charge < -0.3 is 9.64 Å². The number of hydrogen-bond acceptors (Lipinski definition) is 5. The second-order valence-corrected chi connectivity index (χ2v) is 7.56. The van der Waals surface area contributed by atoms with Crippen molar-refractivity contribution in [3.05, 3.63) is 53.2 Å². The van der Waals surface area contributed by atoms with E-state index < -0.39 is 0 Å². The summed E-state index contributed by atoms with van der Waals surface area (Å²) in [6, 6.07) is 8.02. The van der Waals surface area contributed by atoms with Crippen molar-refractivity contribution in [3.63, 3.8) is 0 Å². The van der Waals surface area contributed by atoms with E-state index in [1.807, 2.05) is 24.3 Å². The summed E-state index contributed by atoms with van der Waals surface area (Å²) in [4.78, 5) is 19.6. The molecule has 0 spiro atoms. The molecule has 4 rings (SSSR count). The molecular formula is C20H22N2O2S. The summed E-state index contributed by atoms with van der Waals surface area (Å²) in [5.41, 5.74) is 2.11. The molecule has 0 saturated carbocycles. The lowest BCUT2D eigenvalue weighted by atomic mass is 9.84. The summed E-state index contributed by atoms with van der Waals surface area (Å²) in [5.74, 6) is -0.175. The molecule has 3 atom stereocenters. The summed E-state index contributed by atoms with van der Waals surface area (Å²) >= 11 is 1.60. The molecule has 0 amide bonds. The second kappa shape index (κ2) is 6.64. The minimum absolute atomic E-state index is 0.147. The predicted octanol–water partition coefficient (Wildman–Crippen LogP) is 4.11. The van der Waals surface area contributed by atoms with E-state index in [2.05, 4.69) is 42.0 Å². The van der Waals surface area contributed by atoms with Crippen LogP contribution in [0.2, 0.25) is 0 Å². The van der Waals surface area contributed by atoms with E-state index in [0.717, 1.165) is 40.4 Å². The normalized spacial score (nSPS) is 25.4. The van der Waals surface area contributed by atoms with Crippen LogP contribution >= 0.6 is 11.3 Å². The van der Waals surface area contributed by atoms with Crippen molar-refractivity contribution in [3.8, 4) is 0 Å². The van der Waals surface area contributed by atoms with E-state index in [9.17, 15) is 4.79 Å². The quantitative estimate of drug-likeness (QED) is 0.775. The number of ether oxygens (including phenoxy) is 1. The fourth-order valence-corrected chi connectivity index (χ4v) is 4.71. The summed E-state index contributed by atoms with van der Waals surface area (Å²) in [5, 5.41) is 0.872. The Kier molecular flexibility index (Phi) is 4.34. The van der Waals surface area contributed by atoms with Gasteiger partial charge in [0, 0.05) is 24.7 Å². The molecule has 0 N–H and O–H groups in total. The molecule has 2 aromatic rings. The number of aromatic nitrogens is 1. The highest BCUT2D eigenvalue weighted by Crippen LogP contribution is 2.39. The van der Waals surface area contributed by atoms with Gasteiger partial charge in [-0.05, 0) is 44.6 Å². The van der Waals surface area contributed by atoms with E-state index in [0.29, 0.717) is 0 Å². The van der Waals surface area contributed by atoms with Gasteiger partial charge in [0.25, 0.3) is 0 Å². The van der Waals surface area contributed by atoms with Crippen LogP contribution in [0.4, 0.5) is 0 Å². The Balaban J connectivity index is 1.57. The van der Waals surface area contributed by atoms with Crippen LogP contribution in [0, 0.1) is 5.92 Å². The highest BCUT2D eigenvalue weighted by atomic mass is 32.1. The van der Waals surface area contributed by atoms with E-state index in [1.165, 1.54) is 0 Å². The summed E-state index contributed by atoms with van der Waals surface area (Å²) in [6.45, 7) is 6.18. The van der Waals surface area contributed by atoms with Gasteiger partial charge in [0.05, 0.1) is 10.2 Å². The van der Waals surface area contributed by atoms with Crippen molar-refractivity contribution < 1.29 is 9.53 Å². The Morgan fingerprint density at radius 2 is 2.08 bits per heavy atom. The standard InChI is InChI=1S/C20H22N2O2S/c1-3-22(4-2)14-10-9-13-11-15(20(23)24-17(13)12-14)19-21-16-7-5-6-8-18(16)25-19/h5-10,12-13,15,17H,3-4,11H2,1-2H3. The molecule has 1 aliphatic carbocycles. The first-order chi connectivity index (χ1) is 12.2. The zero-order chi connectivity index (χ0) is 17.4.